The zero-order valence-corrected chi connectivity index (χ0v) is 6.11. The fraction of sp³-hybridized carbons (Fsp3) is 0.143. The van der Waals surface area contributed by atoms with E-state index in [9.17, 15) is 4.79 Å². The van der Waals surface area contributed by atoms with Crippen molar-refractivity contribution < 1.29 is 4.79 Å². The summed E-state index contributed by atoms with van der Waals surface area (Å²) in [6.45, 7) is 5.00. The van der Waals surface area contributed by atoms with Gasteiger partial charge in [-0.1, -0.05) is 0 Å². The summed E-state index contributed by atoms with van der Waals surface area (Å²) in [6, 6.07) is 0. The van der Waals surface area contributed by atoms with Crippen LogP contribution in [0, 0.1) is 6.92 Å². The van der Waals surface area contributed by atoms with Gasteiger partial charge in [-0.15, -0.1) is 0 Å². The fourth-order valence-electron chi connectivity index (χ4n) is 0.735. The van der Waals surface area contributed by atoms with Gasteiger partial charge < -0.3 is 0 Å². The van der Waals surface area contributed by atoms with Crippen LogP contribution in [0.5, 0.6) is 0 Å². The molecule has 0 saturated heterocycles. The number of nitrogens with zero attached hydrogens (tertiary/aromatic N) is 3. The van der Waals surface area contributed by atoms with Gasteiger partial charge in [-0.2, -0.15) is 0 Å². The van der Waals surface area contributed by atoms with E-state index < -0.39 is 0 Å². The average molecular weight is 149 g/mol. The van der Waals surface area contributed by atoms with Crippen LogP contribution in [-0.4, -0.2) is 23.0 Å². The van der Waals surface area contributed by atoms with Gasteiger partial charge in [0.25, 0.3) is 0 Å². The maximum absolute atomic E-state index is 10.4. The van der Waals surface area contributed by atoms with Crippen LogP contribution in [0.15, 0.2) is 11.3 Å². The van der Waals surface area contributed by atoms with E-state index >= 15 is 0 Å². The summed E-state index contributed by atoms with van der Waals surface area (Å²) in [5.74, 6) is 0.340. The van der Waals surface area contributed by atoms with Gasteiger partial charge in [0, 0.05) is 0 Å². The molecule has 11 heavy (non-hydrogen) atoms. The predicted molar refractivity (Wildman–Crippen MR) is 41.4 cm³/mol. The highest BCUT2D eigenvalue weighted by molar-refractivity contribution is 5.83. The molecule has 1 aromatic rings. The molecule has 0 fully saturated rings. The Morgan fingerprint density at radius 3 is 2.82 bits per heavy atom. The second-order valence-electron chi connectivity index (χ2n) is 1.97. The number of aliphatic imine (C=N–C) groups is 1. The van der Waals surface area contributed by atoms with E-state index in [4.69, 9.17) is 0 Å². The van der Waals surface area contributed by atoms with Gasteiger partial charge in [0.1, 0.15) is 6.33 Å². The molecule has 0 aliphatic rings. The van der Waals surface area contributed by atoms with Crippen LogP contribution >= 0.6 is 0 Å². The van der Waals surface area contributed by atoms with Gasteiger partial charge in [0.2, 0.25) is 0 Å². The molecule has 1 heterocycles. The summed E-state index contributed by atoms with van der Waals surface area (Å²) in [6.07, 6.45) is 2.03. The average Bonchev–Trinajstić information content (AvgIpc) is 2.04. The molecule has 1 aromatic heterocycles. The Morgan fingerprint density at radius 2 is 2.36 bits per heavy atom. The highest BCUT2D eigenvalue weighted by atomic mass is 16.1. The Morgan fingerprint density at radius 1 is 1.64 bits per heavy atom. The fourth-order valence-corrected chi connectivity index (χ4v) is 0.735. The van der Waals surface area contributed by atoms with Gasteiger partial charge in [-0.05, 0) is 13.6 Å². The van der Waals surface area contributed by atoms with Crippen LogP contribution in [-0.2, 0) is 0 Å². The van der Waals surface area contributed by atoms with E-state index in [0.29, 0.717) is 23.4 Å². The molecule has 0 atom stereocenters. The Kier molecular flexibility index (Phi) is 2.06. The van der Waals surface area contributed by atoms with Gasteiger partial charge in [-0.3, -0.25) is 4.79 Å². The second-order valence-corrected chi connectivity index (χ2v) is 1.97. The number of carbonyl (C=O) groups excluding carboxylic acids is 1. The molecular formula is C7H7N3O. The van der Waals surface area contributed by atoms with Crippen molar-refractivity contribution in [3.63, 3.8) is 0 Å². The van der Waals surface area contributed by atoms with Crippen LogP contribution in [0.3, 0.4) is 0 Å². The zero-order valence-electron chi connectivity index (χ0n) is 6.11. The Balaban J connectivity index is 3.35. The van der Waals surface area contributed by atoms with E-state index in [2.05, 4.69) is 21.7 Å². The minimum absolute atomic E-state index is 0.340. The lowest BCUT2D eigenvalue weighted by Gasteiger charge is -1.97. The van der Waals surface area contributed by atoms with Crippen molar-refractivity contribution in [2.75, 3.05) is 0 Å². The molecule has 0 aromatic carbocycles. The Hall–Kier alpha value is -1.58. The minimum atomic E-state index is 0.340. The molecule has 1 rings (SSSR count). The monoisotopic (exact) mass is 149 g/mol. The smallest absolute Gasteiger partial charge is 0.165 e. The normalized spacial score (nSPS) is 9.18. The molecule has 0 radical (unpaired) electrons. The first kappa shape index (κ1) is 7.53. The van der Waals surface area contributed by atoms with Crippen LogP contribution < -0.4 is 0 Å². The van der Waals surface area contributed by atoms with E-state index in [-0.39, 0.29) is 0 Å². The number of carbonyl (C=O) groups is 1. The topological polar surface area (TPSA) is 55.2 Å². The Labute approximate surface area is 64.0 Å². The van der Waals surface area contributed by atoms with Gasteiger partial charge >= 0.3 is 0 Å². The number of rotatable bonds is 2. The van der Waals surface area contributed by atoms with Crippen LogP contribution in [0.2, 0.25) is 0 Å². The number of hydrogen-bond donors (Lipinski definition) is 0. The molecule has 0 N–H and O–H groups in total. The van der Waals surface area contributed by atoms with Crippen molar-refractivity contribution in [1.29, 1.82) is 0 Å². The van der Waals surface area contributed by atoms with Gasteiger partial charge in [0.05, 0.1) is 11.3 Å². The molecule has 56 valence electrons. The zero-order chi connectivity index (χ0) is 8.27. The maximum Gasteiger partial charge on any atom is 0.165 e. The lowest BCUT2D eigenvalue weighted by Crippen LogP contribution is -1.92. The molecule has 4 heteroatoms. The third-order valence-corrected chi connectivity index (χ3v) is 1.33. The summed E-state index contributed by atoms with van der Waals surface area (Å²) < 4.78 is 0. The first-order chi connectivity index (χ1) is 5.29. The van der Waals surface area contributed by atoms with E-state index in [1.54, 1.807) is 6.92 Å². The van der Waals surface area contributed by atoms with Crippen molar-refractivity contribution >= 4 is 18.8 Å². The third-order valence-electron chi connectivity index (χ3n) is 1.33. The standard InChI is InChI=1S/C7H7N3O/c1-5-6(3-11)7(8-2)10-4-9-5/h3-4H,2H2,1H3. The molecule has 0 amide bonds. The highest BCUT2D eigenvalue weighted by Crippen LogP contribution is 2.13. The lowest BCUT2D eigenvalue weighted by atomic mass is 10.2. The summed E-state index contributed by atoms with van der Waals surface area (Å²) in [4.78, 5) is 21.6. The molecule has 0 unspecified atom stereocenters. The SMILES string of the molecule is C=Nc1ncnc(C)c1C=O. The first-order valence-electron chi connectivity index (χ1n) is 3.03. The Bertz CT molecular complexity index is 296. The first-order valence-corrected chi connectivity index (χ1v) is 3.03. The van der Waals surface area contributed by atoms with Crippen molar-refractivity contribution in [2.24, 2.45) is 4.99 Å². The molecule has 0 aliphatic carbocycles. The maximum atomic E-state index is 10.4. The molecule has 0 aliphatic heterocycles. The van der Waals surface area contributed by atoms with E-state index in [0.717, 1.165) is 0 Å². The molecule has 4 nitrogen and oxygen atoms in total. The largest absolute Gasteiger partial charge is 0.298 e. The highest BCUT2D eigenvalue weighted by Gasteiger charge is 2.03. The molecule has 0 saturated carbocycles. The number of hydrogen-bond acceptors (Lipinski definition) is 4. The van der Waals surface area contributed by atoms with Crippen molar-refractivity contribution in [2.45, 2.75) is 6.92 Å². The summed E-state index contributed by atoms with van der Waals surface area (Å²) >= 11 is 0. The summed E-state index contributed by atoms with van der Waals surface area (Å²) in [5.41, 5.74) is 1.03. The van der Waals surface area contributed by atoms with Crippen molar-refractivity contribution in [1.82, 2.24) is 9.97 Å². The quantitative estimate of drug-likeness (QED) is 0.464. The van der Waals surface area contributed by atoms with Crippen molar-refractivity contribution in [3.05, 3.63) is 17.6 Å². The number of aldehydes is 1. The van der Waals surface area contributed by atoms with Crippen LogP contribution in [0.4, 0.5) is 5.82 Å². The second kappa shape index (κ2) is 3.01. The third kappa shape index (κ3) is 1.29. The van der Waals surface area contributed by atoms with Gasteiger partial charge in [0.15, 0.2) is 12.1 Å². The predicted octanol–water partition coefficient (Wildman–Crippen LogP) is 0.930. The lowest BCUT2D eigenvalue weighted by molar-refractivity contribution is 0.112. The molecule has 0 spiro atoms. The summed E-state index contributed by atoms with van der Waals surface area (Å²) in [5, 5.41) is 0. The summed E-state index contributed by atoms with van der Waals surface area (Å²) in [7, 11) is 0. The van der Waals surface area contributed by atoms with E-state index in [1.807, 2.05) is 0 Å². The number of aromatic nitrogens is 2. The van der Waals surface area contributed by atoms with Gasteiger partial charge in [-0.25, -0.2) is 15.0 Å². The minimum Gasteiger partial charge on any atom is -0.298 e. The molecular weight excluding hydrogens is 142 g/mol. The molecule has 0 bridgehead atoms. The number of aryl methyl sites for hydroxylation is 1. The van der Waals surface area contributed by atoms with Crippen LogP contribution in [0.1, 0.15) is 16.1 Å². The van der Waals surface area contributed by atoms with E-state index in [1.165, 1.54) is 6.33 Å². The van der Waals surface area contributed by atoms with Crippen LogP contribution in [0.25, 0.3) is 0 Å². The van der Waals surface area contributed by atoms with Crippen molar-refractivity contribution in [3.8, 4) is 0 Å².